The summed E-state index contributed by atoms with van der Waals surface area (Å²) in [6.45, 7) is 2.58. The van der Waals surface area contributed by atoms with E-state index in [9.17, 15) is 4.79 Å². The zero-order valence-electron chi connectivity index (χ0n) is 14.9. The van der Waals surface area contributed by atoms with E-state index < -0.39 is 0 Å². The second kappa shape index (κ2) is 7.84. The number of nitrogens with zero attached hydrogens (tertiary/aromatic N) is 2. The standard InChI is InChI=1S/C20H29N3O/c1-22(2)18-10-8-17(9-11-18)20(24)21-15-16-6-5-7-19(14-16)23-12-3-4-13-23/h3-7,14,17-18H,8-13,15H2,1-2H3,(H,21,24). The van der Waals surface area contributed by atoms with Crippen LogP contribution < -0.4 is 10.2 Å². The molecule has 1 fully saturated rings. The first-order chi connectivity index (χ1) is 11.6. The fourth-order valence-electron chi connectivity index (χ4n) is 3.74. The zero-order valence-corrected chi connectivity index (χ0v) is 14.9. The Hall–Kier alpha value is -1.81. The molecular formula is C20H29N3O. The molecule has 4 nitrogen and oxygen atoms in total. The minimum absolute atomic E-state index is 0.187. The Morgan fingerprint density at radius 3 is 2.54 bits per heavy atom. The Morgan fingerprint density at radius 2 is 1.88 bits per heavy atom. The minimum Gasteiger partial charge on any atom is -0.364 e. The normalized spacial score (nSPS) is 23.7. The van der Waals surface area contributed by atoms with E-state index >= 15 is 0 Å². The second-order valence-corrected chi connectivity index (χ2v) is 7.23. The number of hydrogen-bond acceptors (Lipinski definition) is 3. The summed E-state index contributed by atoms with van der Waals surface area (Å²) >= 11 is 0. The van der Waals surface area contributed by atoms with Crippen molar-refractivity contribution in [3.05, 3.63) is 42.0 Å². The molecule has 1 saturated carbocycles. The first-order valence-corrected chi connectivity index (χ1v) is 9.06. The molecule has 130 valence electrons. The van der Waals surface area contributed by atoms with E-state index in [0.717, 1.165) is 38.8 Å². The number of amides is 1. The molecule has 0 spiro atoms. The summed E-state index contributed by atoms with van der Waals surface area (Å²) in [5, 5.41) is 3.14. The van der Waals surface area contributed by atoms with E-state index in [1.165, 1.54) is 11.3 Å². The van der Waals surface area contributed by atoms with Crippen LogP contribution in [0.1, 0.15) is 31.2 Å². The third-order valence-electron chi connectivity index (χ3n) is 5.36. The van der Waals surface area contributed by atoms with Crippen molar-refractivity contribution >= 4 is 11.6 Å². The van der Waals surface area contributed by atoms with Crippen molar-refractivity contribution in [3.63, 3.8) is 0 Å². The van der Waals surface area contributed by atoms with Gasteiger partial charge in [0.25, 0.3) is 0 Å². The number of rotatable bonds is 5. The third kappa shape index (κ3) is 4.18. The average Bonchev–Trinajstić information content (AvgIpc) is 3.15. The van der Waals surface area contributed by atoms with Gasteiger partial charge in [-0.2, -0.15) is 0 Å². The summed E-state index contributed by atoms with van der Waals surface area (Å²) < 4.78 is 0. The molecule has 0 aromatic heterocycles. The molecule has 1 aromatic carbocycles. The summed E-state index contributed by atoms with van der Waals surface area (Å²) in [6, 6.07) is 9.14. The maximum absolute atomic E-state index is 12.4. The van der Waals surface area contributed by atoms with Crippen molar-refractivity contribution in [2.75, 3.05) is 32.1 Å². The van der Waals surface area contributed by atoms with Crippen molar-refractivity contribution in [1.29, 1.82) is 0 Å². The lowest BCUT2D eigenvalue weighted by atomic mass is 9.85. The van der Waals surface area contributed by atoms with E-state index in [0.29, 0.717) is 12.6 Å². The van der Waals surface area contributed by atoms with Crippen LogP contribution in [0.2, 0.25) is 0 Å². The number of anilines is 1. The Labute approximate surface area is 145 Å². The van der Waals surface area contributed by atoms with Crippen molar-refractivity contribution < 1.29 is 4.79 Å². The molecule has 0 saturated heterocycles. The van der Waals surface area contributed by atoms with Crippen molar-refractivity contribution in [3.8, 4) is 0 Å². The van der Waals surface area contributed by atoms with Gasteiger partial charge in [-0.15, -0.1) is 0 Å². The molecule has 2 aliphatic rings. The van der Waals surface area contributed by atoms with Crippen LogP contribution in [0.3, 0.4) is 0 Å². The largest absolute Gasteiger partial charge is 0.364 e. The van der Waals surface area contributed by atoms with Crippen LogP contribution in [-0.4, -0.2) is 44.0 Å². The van der Waals surface area contributed by atoms with Crippen LogP contribution >= 0.6 is 0 Å². The van der Waals surface area contributed by atoms with Crippen molar-refractivity contribution in [1.82, 2.24) is 10.2 Å². The highest BCUT2D eigenvalue weighted by molar-refractivity contribution is 5.78. The lowest BCUT2D eigenvalue weighted by Gasteiger charge is -2.32. The number of carbonyl (C=O) groups excluding carboxylic acids is 1. The topological polar surface area (TPSA) is 35.6 Å². The Balaban J connectivity index is 1.49. The molecule has 1 amide bonds. The van der Waals surface area contributed by atoms with Crippen LogP contribution in [0.15, 0.2) is 36.4 Å². The van der Waals surface area contributed by atoms with Crippen LogP contribution in [0.5, 0.6) is 0 Å². The molecule has 1 N–H and O–H groups in total. The van der Waals surface area contributed by atoms with E-state index in [-0.39, 0.29) is 11.8 Å². The molecule has 4 heteroatoms. The molecule has 1 aliphatic carbocycles. The number of carbonyl (C=O) groups is 1. The van der Waals surface area contributed by atoms with Gasteiger partial charge in [-0.3, -0.25) is 4.79 Å². The SMILES string of the molecule is CN(C)C1CCC(C(=O)NCc2cccc(N3CC=CC3)c2)CC1. The van der Waals surface area contributed by atoms with Gasteiger partial charge in [-0.1, -0.05) is 24.3 Å². The maximum Gasteiger partial charge on any atom is 0.223 e. The number of benzene rings is 1. The highest BCUT2D eigenvalue weighted by Crippen LogP contribution is 2.26. The number of hydrogen-bond donors (Lipinski definition) is 1. The van der Waals surface area contributed by atoms with Gasteiger partial charge in [0.2, 0.25) is 5.91 Å². The van der Waals surface area contributed by atoms with Gasteiger partial charge in [0, 0.05) is 37.3 Å². The van der Waals surface area contributed by atoms with E-state index in [4.69, 9.17) is 0 Å². The van der Waals surface area contributed by atoms with Crippen LogP contribution in [-0.2, 0) is 11.3 Å². The van der Waals surface area contributed by atoms with Gasteiger partial charge < -0.3 is 15.1 Å². The molecular weight excluding hydrogens is 298 g/mol. The Bertz CT molecular complexity index is 580. The van der Waals surface area contributed by atoms with Gasteiger partial charge in [0.1, 0.15) is 0 Å². The summed E-state index contributed by atoms with van der Waals surface area (Å²) in [7, 11) is 4.27. The Kier molecular flexibility index (Phi) is 5.56. The maximum atomic E-state index is 12.4. The lowest BCUT2D eigenvalue weighted by Crippen LogP contribution is -2.37. The lowest BCUT2D eigenvalue weighted by molar-refractivity contribution is -0.126. The van der Waals surface area contributed by atoms with Gasteiger partial charge >= 0.3 is 0 Å². The zero-order chi connectivity index (χ0) is 16.9. The summed E-state index contributed by atoms with van der Waals surface area (Å²) in [6.07, 6.45) is 8.66. The summed E-state index contributed by atoms with van der Waals surface area (Å²) in [4.78, 5) is 17.1. The quantitative estimate of drug-likeness (QED) is 0.845. The smallest absolute Gasteiger partial charge is 0.223 e. The highest BCUT2D eigenvalue weighted by Gasteiger charge is 2.26. The second-order valence-electron chi connectivity index (χ2n) is 7.23. The van der Waals surface area contributed by atoms with Gasteiger partial charge in [-0.05, 0) is 57.5 Å². The highest BCUT2D eigenvalue weighted by atomic mass is 16.1. The van der Waals surface area contributed by atoms with Crippen molar-refractivity contribution in [2.45, 2.75) is 38.3 Å². The molecule has 0 atom stereocenters. The first kappa shape index (κ1) is 17.0. The summed E-state index contributed by atoms with van der Waals surface area (Å²) in [5.41, 5.74) is 2.41. The van der Waals surface area contributed by atoms with E-state index in [1.807, 2.05) is 0 Å². The van der Waals surface area contributed by atoms with Crippen LogP contribution in [0.4, 0.5) is 5.69 Å². The number of nitrogens with one attached hydrogen (secondary N) is 1. The molecule has 3 rings (SSSR count). The molecule has 0 radical (unpaired) electrons. The molecule has 1 aliphatic heterocycles. The summed E-state index contributed by atoms with van der Waals surface area (Å²) in [5.74, 6) is 0.410. The van der Waals surface area contributed by atoms with Crippen molar-refractivity contribution in [2.24, 2.45) is 5.92 Å². The fraction of sp³-hybridized carbons (Fsp3) is 0.550. The van der Waals surface area contributed by atoms with Gasteiger partial charge in [0.15, 0.2) is 0 Å². The monoisotopic (exact) mass is 327 g/mol. The minimum atomic E-state index is 0.187. The Morgan fingerprint density at radius 1 is 1.17 bits per heavy atom. The predicted molar refractivity (Wildman–Crippen MR) is 99.1 cm³/mol. The molecule has 1 aromatic rings. The van der Waals surface area contributed by atoms with Gasteiger partial charge in [0.05, 0.1) is 0 Å². The van der Waals surface area contributed by atoms with E-state index in [2.05, 4.69) is 65.6 Å². The average molecular weight is 327 g/mol. The van der Waals surface area contributed by atoms with E-state index in [1.54, 1.807) is 0 Å². The molecule has 0 unspecified atom stereocenters. The molecule has 24 heavy (non-hydrogen) atoms. The molecule has 0 bridgehead atoms. The van der Waals surface area contributed by atoms with Crippen LogP contribution in [0.25, 0.3) is 0 Å². The fourth-order valence-corrected chi connectivity index (χ4v) is 3.74. The molecule has 1 heterocycles. The first-order valence-electron chi connectivity index (χ1n) is 9.06. The predicted octanol–water partition coefficient (Wildman–Crippen LogP) is 2.80. The van der Waals surface area contributed by atoms with Gasteiger partial charge in [-0.25, -0.2) is 0 Å². The van der Waals surface area contributed by atoms with Crippen LogP contribution in [0, 0.1) is 5.92 Å². The third-order valence-corrected chi connectivity index (χ3v) is 5.36.